The largest absolute Gasteiger partial charge is 0.382 e. The molecule has 2 heterocycles. The van der Waals surface area contributed by atoms with E-state index in [2.05, 4.69) is 15.2 Å². The van der Waals surface area contributed by atoms with Crippen LogP contribution in [0.1, 0.15) is 16.1 Å². The molecule has 0 aliphatic carbocycles. The number of hydrogen-bond acceptors (Lipinski definition) is 7. The molecule has 2 rings (SSSR count). The first-order chi connectivity index (χ1) is 10.1. The van der Waals surface area contributed by atoms with Crippen LogP contribution in [0.25, 0.3) is 0 Å². The van der Waals surface area contributed by atoms with Crippen molar-refractivity contribution in [3.05, 3.63) is 4.88 Å². The summed E-state index contributed by atoms with van der Waals surface area (Å²) in [5.74, 6) is 0.271. The van der Waals surface area contributed by atoms with Crippen molar-refractivity contribution >= 4 is 28.2 Å². The Morgan fingerprint density at radius 3 is 2.90 bits per heavy atom. The van der Waals surface area contributed by atoms with Gasteiger partial charge in [-0.05, 0) is 20.0 Å². The normalized spacial score (nSPS) is 15.2. The van der Waals surface area contributed by atoms with Gasteiger partial charge in [-0.15, -0.1) is 0 Å². The van der Waals surface area contributed by atoms with Crippen molar-refractivity contribution in [3.8, 4) is 0 Å². The quantitative estimate of drug-likeness (QED) is 0.732. The molecule has 1 aromatic heterocycles. The summed E-state index contributed by atoms with van der Waals surface area (Å²) in [5.41, 5.74) is 5.92. The van der Waals surface area contributed by atoms with Gasteiger partial charge >= 0.3 is 0 Å². The van der Waals surface area contributed by atoms with Crippen LogP contribution < -0.4 is 16.0 Å². The van der Waals surface area contributed by atoms with Gasteiger partial charge in [-0.3, -0.25) is 4.79 Å². The van der Waals surface area contributed by atoms with E-state index in [0.29, 0.717) is 30.5 Å². The summed E-state index contributed by atoms with van der Waals surface area (Å²) in [7, 11) is 3.70. The molecule has 3 N–H and O–H groups in total. The lowest BCUT2D eigenvalue weighted by molar-refractivity contribution is 0.0799. The number of nitrogen functional groups attached to an aromatic ring is 1. The van der Waals surface area contributed by atoms with Crippen molar-refractivity contribution < 1.29 is 9.53 Å². The third-order valence-corrected chi connectivity index (χ3v) is 4.50. The van der Waals surface area contributed by atoms with Gasteiger partial charge in [0.25, 0.3) is 5.91 Å². The van der Waals surface area contributed by atoms with Crippen LogP contribution >= 0.6 is 11.3 Å². The van der Waals surface area contributed by atoms with Crippen LogP contribution in [0.3, 0.4) is 0 Å². The fourth-order valence-electron chi connectivity index (χ4n) is 2.13. The van der Waals surface area contributed by atoms with Crippen molar-refractivity contribution in [1.82, 2.24) is 15.2 Å². The number of thiazole rings is 1. The minimum atomic E-state index is -0.0550. The maximum Gasteiger partial charge on any atom is 0.267 e. The Hall–Kier alpha value is -1.38. The summed E-state index contributed by atoms with van der Waals surface area (Å²) in [6.45, 7) is 4.54. The van der Waals surface area contributed by atoms with Gasteiger partial charge in [0.15, 0.2) is 5.13 Å². The van der Waals surface area contributed by atoms with Crippen molar-refractivity contribution in [3.63, 3.8) is 0 Å². The van der Waals surface area contributed by atoms with E-state index in [1.54, 1.807) is 11.9 Å². The fraction of sp³-hybridized carbons (Fsp3) is 0.692. The third-order valence-electron chi connectivity index (χ3n) is 3.38. The Balaban J connectivity index is 2.01. The number of hydrogen-bond donors (Lipinski definition) is 2. The lowest BCUT2D eigenvalue weighted by atomic mass is 10.3. The van der Waals surface area contributed by atoms with E-state index in [1.165, 1.54) is 11.3 Å². The maximum absolute atomic E-state index is 12.4. The van der Waals surface area contributed by atoms with Gasteiger partial charge < -0.3 is 25.6 Å². The summed E-state index contributed by atoms with van der Waals surface area (Å²) in [4.78, 5) is 21.1. The highest BCUT2D eigenvalue weighted by Gasteiger charge is 2.22. The number of morpholine rings is 1. The molecule has 1 aromatic rings. The molecule has 7 nitrogen and oxygen atoms in total. The molecule has 1 aliphatic rings. The summed E-state index contributed by atoms with van der Waals surface area (Å²) >= 11 is 1.37. The monoisotopic (exact) mass is 313 g/mol. The topological polar surface area (TPSA) is 83.7 Å². The zero-order valence-corrected chi connectivity index (χ0v) is 13.4. The second kappa shape index (κ2) is 7.58. The number of carbonyl (C=O) groups excluding carboxylic acids is 1. The minimum Gasteiger partial charge on any atom is -0.382 e. The van der Waals surface area contributed by atoms with Crippen molar-refractivity contribution in [2.45, 2.75) is 6.42 Å². The third kappa shape index (κ3) is 4.05. The lowest BCUT2D eigenvalue weighted by Crippen LogP contribution is -2.36. The second-order valence-electron chi connectivity index (χ2n) is 4.99. The molecule has 21 heavy (non-hydrogen) atoms. The Labute approximate surface area is 129 Å². The van der Waals surface area contributed by atoms with Gasteiger partial charge in [0, 0.05) is 26.7 Å². The number of aromatic nitrogens is 1. The average molecular weight is 313 g/mol. The molecular weight excluding hydrogens is 290 g/mol. The minimum absolute atomic E-state index is 0.0550. The molecule has 0 saturated carbocycles. The Bertz CT molecular complexity index is 473. The van der Waals surface area contributed by atoms with Gasteiger partial charge in [0.1, 0.15) is 10.7 Å². The molecule has 8 heteroatoms. The number of rotatable bonds is 6. The molecular formula is C13H23N5O2S. The smallest absolute Gasteiger partial charge is 0.267 e. The van der Waals surface area contributed by atoms with Crippen LogP contribution in [-0.4, -0.2) is 69.3 Å². The summed E-state index contributed by atoms with van der Waals surface area (Å²) in [6.07, 6.45) is 0.910. The van der Waals surface area contributed by atoms with E-state index in [0.717, 1.165) is 31.2 Å². The predicted molar refractivity (Wildman–Crippen MR) is 85.1 cm³/mol. The van der Waals surface area contributed by atoms with Gasteiger partial charge in [-0.2, -0.15) is 0 Å². The van der Waals surface area contributed by atoms with Gasteiger partial charge in [-0.1, -0.05) is 11.3 Å². The van der Waals surface area contributed by atoms with E-state index in [9.17, 15) is 4.79 Å². The van der Waals surface area contributed by atoms with Crippen LogP contribution in [0.2, 0.25) is 0 Å². The summed E-state index contributed by atoms with van der Waals surface area (Å²) in [6, 6.07) is 0. The Morgan fingerprint density at radius 2 is 2.24 bits per heavy atom. The number of anilines is 2. The fourth-order valence-corrected chi connectivity index (χ4v) is 3.16. The van der Waals surface area contributed by atoms with E-state index in [4.69, 9.17) is 10.5 Å². The number of nitrogens with zero attached hydrogens (tertiary/aromatic N) is 3. The van der Waals surface area contributed by atoms with E-state index >= 15 is 0 Å². The number of ether oxygens (including phenoxy) is 1. The molecule has 1 fully saturated rings. The van der Waals surface area contributed by atoms with E-state index in [1.807, 2.05) is 7.05 Å². The van der Waals surface area contributed by atoms with Crippen LogP contribution in [0.4, 0.5) is 10.9 Å². The molecule has 0 aromatic carbocycles. The Morgan fingerprint density at radius 1 is 1.52 bits per heavy atom. The van der Waals surface area contributed by atoms with Crippen molar-refractivity contribution in [2.24, 2.45) is 0 Å². The molecule has 0 bridgehead atoms. The second-order valence-corrected chi connectivity index (χ2v) is 5.97. The van der Waals surface area contributed by atoms with Crippen LogP contribution in [0.15, 0.2) is 0 Å². The Kier molecular flexibility index (Phi) is 5.77. The maximum atomic E-state index is 12.4. The number of nitrogens with two attached hydrogens (primary N) is 1. The lowest BCUT2D eigenvalue weighted by Gasteiger charge is -2.25. The molecule has 0 spiro atoms. The van der Waals surface area contributed by atoms with Crippen molar-refractivity contribution in [2.75, 3.05) is 64.1 Å². The highest BCUT2D eigenvalue weighted by molar-refractivity contribution is 7.18. The number of amides is 1. The van der Waals surface area contributed by atoms with E-state index < -0.39 is 0 Å². The first kappa shape index (κ1) is 16.0. The molecule has 118 valence electrons. The highest BCUT2D eigenvalue weighted by Crippen LogP contribution is 2.29. The zero-order chi connectivity index (χ0) is 15.2. The predicted octanol–water partition coefficient (Wildman–Crippen LogP) is 0.243. The zero-order valence-electron chi connectivity index (χ0n) is 12.6. The SMILES string of the molecule is CNCCCN(C)C(=O)c1sc(N2CCOCC2)nc1N. The van der Waals surface area contributed by atoms with Crippen molar-refractivity contribution in [1.29, 1.82) is 0 Å². The average Bonchev–Trinajstić information content (AvgIpc) is 2.89. The molecule has 0 atom stereocenters. The molecule has 0 radical (unpaired) electrons. The summed E-state index contributed by atoms with van der Waals surface area (Å²) in [5, 5.41) is 3.88. The van der Waals surface area contributed by atoms with Gasteiger partial charge in [0.05, 0.1) is 13.2 Å². The number of carbonyl (C=O) groups is 1. The standard InChI is InChI=1S/C13H23N5O2S/c1-15-4-3-5-17(2)12(19)10-11(14)16-13(21-10)18-6-8-20-9-7-18/h15H,3-9,14H2,1-2H3. The molecule has 1 saturated heterocycles. The molecule has 1 amide bonds. The van der Waals surface area contributed by atoms with Gasteiger partial charge in [-0.25, -0.2) is 4.98 Å². The van der Waals surface area contributed by atoms with Crippen LogP contribution in [-0.2, 0) is 4.74 Å². The number of nitrogens with one attached hydrogen (secondary N) is 1. The highest BCUT2D eigenvalue weighted by atomic mass is 32.1. The summed E-state index contributed by atoms with van der Waals surface area (Å²) < 4.78 is 5.32. The van der Waals surface area contributed by atoms with Gasteiger partial charge in [0.2, 0.25) is 0 Å². The molecule has 1 aliphatic heterocycles. The first-order valence-electron chi connectivity index (χ1n) is 7.12. The van der Waals surface area contributed by atoms with Crippen LogP contribution in [0, 0.1) is 0 Å². The van der Waals surface area contributed by atoms with Crippen LogP contribution in [0.5, 0.6) is 0 Å². The van der Waals surface area contributed by atoms with E-state index in [-0.39, 0.29) is 5.91 Å². The molecule has 0 unspecified atom stereocenters. The first-order valence-corrected chi connectivity index (χ1v) is 7.94.